The molecular weight excluding hydrogens is 276 g/mol. The summed E-state index contributed by atoms with van der Waals surface area (Å²) in [4.78, 5) is 8.70. The highest BCUT2D eigenvalue weighted by molar-refractivity contribution is 7.91. The van der Waals surface area contributed by atoms with E-state index in [0.717, 1.165) is 25.1 Å². The lowest BCUT2D eigenvalue weighted by atomic mass is 10.2. The average Bonchev–Trinajstić information content (AvgIpc) is 2.34. The number of aromatic nitrogens is 2. The Morgan fingerprint density at radius 2 is 2.20 bits per heavy atom. The number of nitrogens with zero attached hydrogens (tertiary/aromatic N) is 2. The van der Waals surface area contributed by atoms with Gasteiger partial charge in [-0.15, -0.1) is 0 Å². The molecule has 1 saturated heterocycles. The third kappa shape index (κ3) is 4.33. The zero-order valence-electron chi connectivity index (χ0n) is 12.0. The van der Waals surface area contributed by atoms with Crippen LogP contribution in [-0.2, 0) is 9.84 Å². The molecule has 2 rings (SSSR count). The molecule has 0 spiro atoms. The summed E-state index contributed by atoms with van der Waals surface area (Å²) in [6, 6.07) is 1.79. The Hall–Kier alpha value is -1.37. The van der Waals surface area contributed by atoms with E-state index in [2.05, 4.69) is 27.5 Å². The van der Waals surface area contributed by atoms with Crippen LogP contribution >= 0.6 is 0 Å². The first-order valence-corrected chi connectivity index (χ1v) is 8.87. The highest BCUT2D eigenvalue weighted by Gasteiger charge is 2.24. The molecule has 0 aromatic carbocycles. The Morgan fingerprint density at radius 1 is 1.40 bits per heavy atom. The molecule has 112 valence electrons. The number of rotatable bonds is 5. The maximum atomic E-state index is 11.6. The Kier molecular flexibility index (Phi) is 4.80. The van der Waals surface area contributed by atoms with Crippen molar-refractivity contribution in [3.8, 4) is 0 Å². The van der Waals surface area contributed by atoms with E-state index in [1.165, 1.54) is 0 Å². The predicted molar refractivity (Wildman–Crippen MR) is 80.8 cm³/mol. The van der Waals surface area contributed by atoms with Crippen molar-refractivity contribution >= 4 is 21.6 Å². The van der Waals surface area contributed by atoms with Crippen molar-refractivity contribution in [2.45, 2.75) is 39.2 Å². The molecule has 7 heteroatoms. The van der Waals surface area contributed by atoms with Crippen molar-refractivity contribution in [3.05, 3.63) is 11.8 Å². The van der Waals surface area contributed by atoms with Gasteiger partial charge in [0.2, 0.25) is 5.95 Å². The van der Waals surface area contributed by atoms with Crippen LogP contribution in [-0.4, -0.2) is 42.5 Å². The van der Waals surface area contributed by atoms with E-state index in [0.29, 0.717) is 23.9 Å². The predicted octanol–water partition coefficient (Wildman–Crippen LogP) is 1.60. The number of sulfone groups is 1. The summed E-state index contributed by atoms with van der Waals surface area (Å²) in [5, 5.41) is 6.37. The van der Waals surface area contributed by atoms with Gasteiger partial charge in [0.25, 0.3) is 0 Å². The van der Waals surface area contributed by atoms with E-state index in [-0.39, 0.29) is 11.8 Å². The van der Waals surface area contributed by atoms with E-state index >= 15 is 0 Å². The lowest BCUT2D eigenvalue weighted by molar-refractivity contribution is 0.561. The van der Waals surface area contributed by atoms with Gasteiger partial charge in [-0.3, -0.25) is 0 Å². The normalized spacial score (nSPS) is 21.4. The van der Waals surface area contributed by atoms with Crippen LogP contribution < -0.4 is 10.6 Å². The second kappa shape index (κ2) is 6.39. The molecule has 1 unspecified atom stereocenters. The maximum absolute atomic E-state index is 11.6. The molecule has 1 aromatic heterocycles. The largest absolute Gasteiger partial charge is 0.366 e. The van der Waals surface area contributed by atoms with Gasteiger partial charge in [0.15, 0.2) is 9.84 Å². The van der Waals surface area contributed by atoms with Crippen molar-refractivity contribution in [1.29, 1.82) is 0 Å². The van der Waals surface area contributed by atoms with Gasteiger partial charge in [-0.1, -0.05) is 6.92 Å². The van der Waals surface area contributed by atoms with Crippen LogP contribution in [0.5, 0.6) is 0 Å². The summed E-state index contributed by atoms with van der Waals surface area (Å²) < 4.78 is 23.3. The van der Waals surface area contributed by atoms with Crippen LogP contribution in [0.1, 0.15) is 31.9 Å². The zero-order chi connectivity index (χ0) is 14.6. The molecular formula is C13H22N4O2S. The summed E-state index contributed by atoms with van der Waals surface area (Å²) in [6.07, 6.45) is 2.58. The van der Waals surface area contributed by atoms with Gasteiger partial charge in [0, 0.05) is 24.3 Å². The quantitative estimate of drug-likeness (QED) is 0.859. The third-order valence-corrected chi connectivity index (χ3v) is 5.02. The van der Waals surface area contributed by atoms with E-state index < -0.39 is 9.84 Å². The van der Waals surface area contributed by atoms with Crippen LogP contribution in [0.15, 0.2) is 6.07 Å². The molecule has 1 aromatic rings. The smallest absolute Gasteiger partial charge is 0.224 e. The van der Waals surface area contributed by atoms with Crippen molar-refractivity contribution in [2.24, 2.45) is 0 Å². The molecule has 0 bridgehead atoms. The summed E-state index contributed by atoms with van der Waals surface area (Å²) >= 11 is 0. The number of hydrogen-bond donors (Lipinski definition) is 2. The molecule has 1 aliphatic heterocycles. The third-order valence-electron chi connectivity index (χ3n) is 3.20. The first-order valence-electron chi connectivity index (χ1n) is 7.05. The highest BCUT2D eigenvalue weighted by atomic mass is 32.2. The Balaban J connectivity index is 2.06. The van der Waals surface area contributed by atoms with Crippen LogP contribution in [0.4, 0.5) is 11.8 Å². The summed E-state index contributed by atoms with van der Waals surface area (Å²) in [6.45, 7) is 4.80. The molecule has 1 atom stereocenters. The second-order valence-electron chi connectivity index (χ2n) is 5.24. The molecule has 0 radical (unpaired) electrons. The minimum Gasteiger partial charge on any atom is -0.366 e. The molecule has 0 saturated carbocycles. The lowest BCUT2D eigenvalue weighted by Gasteiger charge is -2.23. The van der Waals surface area contributed by atoms with Crippen LogP contribution in [0.3, 0.4) is 0 Å². The van der Waals surface area contributed by atoms with Crippen LogP contribution in [0.2, 0.25) is 0 Å². The molecule has 1 aliphatic rings. The van der Waals surface area contributed by atoms with Gasteiger partial charge in [0.05, 0.1) is 11.5 Å². The van der Waals surface area contributed by atoms with Gasteiger partial charge in [0.1, 0.15) is 5.82 Å². The Labute approximate surface area is 120 Å². The standard InChI is InChI=1S/C13H22N4O2S/c1-3-6-14-13-15-10(2)8-12(17-13)16-11-5-4-7-20(18,19)9-11/h8,11H,3-7,9H2,1-2H3,(H2,14,15,16,17). The summed E-state index contributed by atoms with van der Waals surface area (Å²) in [7, 11) is -2.91. The van der Waals surface area contributed by atoms with Gasteiger partial charge in [-0.2, -0.15) is 4.98 Å². The second-order valence-corrected chi connectivity index (χ2v) is 7.47. The fraction of sp³-hybridized carbons (Fsp3) is 0.692. The fourth-order valence-electron chi connectivity index (χ4n) is 2.30. The monoisotopic (exact) mass is 298 g/mol. The lowest BCUT2D eigenvalue weighted by Crippen LogP contribution is -2.35. The van der Waals surface area contributed by atoms with Crippen molar-refractivity contribution in [3.63, 3.8) is 0 Å². The maximum Gasteiger partial charge on any atom is 0.224 e. The molecule has 6 nitrogen and oxygen atoms in total. The van der Waals surface area contributed by atoms with E-state index in [9.17, 15) is 8.42 Å². The number of aryl methyl sites for hydroxylation is 1. The first-order chi connectivity index (χ1) is 9.48. The molecule has 20 heavy (non-hydrogen) atoms. The molecule has 1 fully saturated rings. The van der Waals surface area contributed by atoms with E-state index in [1.54, 1.807) is 0 Å². The van der Waals surface area contributed by atoms with Crippen molar-refractivity contribution in [1.82, 2.24) is 9.97 Å². The molecule has 2 N–H and O–H groups in total. The van der Waals surface area contributed by atoms with Gasteiger partial charge in [-0.05, 0) is 26.2 Å². The number of anilines is 2. The topological polar surface area (TPSA) is 84.0 Å². The molecule has 0 amide bonds. The minimum absolute atomic E-state index is 0.0536. The average molecular weight is 298 g/mol. The van der Waals surface area contributed by atoms with Crippen molar-refractivity contribution in [2.75, 3.05) is 28.7 Å². The van der Waals surface area contributed by atoms with E-state index in [1.807, 2.05) is 13.0 Å². The minimum atomic E-state index is -2.91. The SMILES string of the molecule is CCCNc1nc(C)cc(NC2CCCS(=O)(=O)C2)n1. The van der Waals surface area contributed by atoms with Crippen LogP contribution in [0, 0.1) is 6.92 Å². The highest BCUT2D eigenvalue weighted by Crippen LogP contribution is 2.17. The van der Waals surface area contributed by atoms with Gasteiger partial charge >= 0.3 is 0 Å². The summed E-state index contributed by atoms with van der Waals surface area (Å²) in [5.74, 6) is 1.77. The molecule has 0 aliphatic carbocycles. The fourth-order valence-corrected chi connectivity index (χ4v) is 3.94. The van der Waals surface area contributed by atoms with E-state index in [4.69, 9.17) is 0 Å². The first kappa shape index (κ1) is 15.0. The Morgan fingerprint density at radius 3 is 2.90 bits per heavy atom. The van der Waals surface area contributed by atoms with Gasteiger partial charge < -0.3 is 10.6 Å². The number of nitrogens with one attached hydrogen (secondary N) is 2. The Bertz CT molecular complexity index is 559. The van der Waals surface area contributed by atoms with Gasteiger partial charge in [-0.25, -0.2) is 13.4 Å². The number of hydrogen-bond acceptors (Lipinski definition) is 6. The zero-order valence-corrected chi connectivity index (χ0v) is 12.8. The van der Waals surface area contributed by atoms with Crippen LogP contribution in [0.25, 0.3) is 0 Å². The molecule has 2 heterocycles. The van der Waals surface area contributed by atoms with Crippen molar-refractivity contribution < 1.29 is 8.42 Å². The summed E-state index contributed by atoms with van der Waals surface area (Å²) in [5.41, 5.74) is 0.861.